The first-order valence-electron chi connectivity index (χ1n) is 8.53. The molecule has 8 nitrogen and oxygen atoms in total. The number of benzene rings is 1. The summed E-state index contributed by atoms with van der Waals surface area (Å²) < 4.78 is 6.88. The quantitative estimate of drug-likeness (QED) is 0.471. The van der Waals surface area contributed by atoms with Crippen LogP contribution in [-0.2, 0) is 4.79 Å². The predicted octanol–water partition coefficient (Wildman–Crippen LogP) is 3.58. The third-order valence-corrected chi connectivity index (χ3v) is 5.10. The fourth-order valence-electron chi connectivity index (χ4n) is 2.63. The molecule has 3 heterocycles. The molecule has 0 spiro atoms. The molecule has 0 atom stereocenters. The number of rotatable bonds is 6. The Morgan fingerprint density at radius 1 is 1.24 bits per heavy atom. The van der Waals surface area contributed by atoms with E-state index >= 15 is 0 Å². The Labute approximate surface area is 175 Å². The molecule has 146 valence electrons. The number of hydrogen-bond donors (Lipinski definition) is 1. The van der Waals surface area contributed by atoms with Gasteiger partial charge in [-0.1, -0.05) is 23.4 Å². The minimum Gasteiger partial charge on any atom is -0.495 e. The molecule has 0 unspecified atom stereocenters. The second-order valence-corrected chi connectivity index (χ2v) is 7.32. The summed E-state index contributed by atoms with van der Waals surface area (Å²) in [6, 6.07) is 12.4. The zero-order valence-corrected chi connectivity index (χ0v) is 16.8. The van der Waals surface area contributed by atoms with Gasteiger partial charge in [-0.2, -0.15) is 9.61 Å². The summed E-state index contributed by atoms with van der Waals surface area (Å²) >= 11 is 7.30. The number of aromatic nitrogens is 5. The lowest BCUT2D eigenvalue weighted by molar-refractivity contribution is -0.113. The number of carbonyl (C=O) groups excluding carboxylic acids is 1. The van der Waals surface area contributed by atoms with Crippen LogP contribution >= 0.6 is 23.4 Å². The summed E-state index contributed by atoms with van der Waals surface area (Å²) in [5, 5.41) is 16.8. The largest absolute Gasteiger partial charge is 0.495 e. The number of carbonyl (C=O) groups is 1. The van der Waals surface area contributed by atoms with Crippen LogP contribution in [0.25, 0.3) is 17.0 Å². The van der Waals surface area contributed by atoms with Crippen molar-refractivity contribution in [2.75, 3.05) is 18.2 Å². The van der Waals surface area contributed by atoms with Crippen LogP contribution in [0.3, 0.4) is 0 Å². The molecule has 0 fully saturated rings. The molecule has 0 saturated heterocycles. The van der Waals surface area contributed by atoms with Gasteiger partial charge in [0.1, 0.15) is 10.8 Å². The van der Waals surface area contributed by atoms with Crippen LogP contribution in [-0.4, -0.2) is 43.6 Å². The second kappa shape index (κ2) is 8.46. The van der Waals surface area contributed by atoms with Crippen LogP contribution < -0.4 is 10.1 Å². The van der Waals surface area contributed by atoms with Gasteiger partial charge in [0.05, 0.1) is 18.6 Å². The Balaban J connectivity index is 1.49. The van der Waals surface area contributed by atoms with E-state index in [2.05, 4.69) is 25.6 Å². The van der Waals surface area contributed by atoms with Crippen molar-refractivity contribution in [3.8, 4) is 17.1 Å². The van der Waals surface area contributed by atoms with Crippen molar-refractivity contribution >= 4 is 40.6 Å². The van der Waals surface area contributed by atoms with Crippen molar-refractivity contribution in [2.24, 2.45) is 0 Å². The molecule has 4 aromatic rings. The molecule has 3 aromatic heterocycles. The minimum atomic E-state index is -0.200. The van der Waals surface area contributed by atoms with Crippen molar-refractivity contribution < 1.29 is 9.53 Å². The van der Waals surface area contributed by atoms with Gasteiger partial charge in [0.25, 0.3) is 0 Å². The third-order valence-electron chi connectivity index (χ3n) is 3.94. The zero-order chi connectivity index (χ0) is 20.2. The van der Waals surface area contributed by atoms with E-state index in [9.17, 15) is 4.79 Å². The van der Waals surface area contributed by atoms with Gasteiger partial charge < -0.3 is 10.1 Å². The number of anilines is 1. The first kappa shape index (κ1) is 19.2. The maximum atomic E-state index is 12.4. The molecule has 0 radical (unpaired) electrons. The molecule has 0 bridgehead atoms. The van der Waals surface area contributed by atoms with Crippen LogP contribution in [0.15, 0.2) is 59.9 Å². The summed E-state index contributed by atoms with van der Waals surface area (Å²) in [6.45, 7) is 0. The van der Waals surface area contributed by atoms with E-state index in [4.69, 9.17) is 16.3 Å². The molecule has 1 amide bonds. The van der Waals surface area contributed by atoms with Gasteiger partial charge in [0.15, 0.2) is 11.5 Å². The fourth-order valence-corrected chi connectivity index (χ4v) is 3.45. The molecule has 10 heteroatoms. The topological polar surface area (TPSA) is 94.3 Å². The standard InChI is InChI=1S/C19H15ClN6O2S/c1-28-15-5-4-13(20)9-14(15)22-17(27)11-29-18-7-6-16-23-24-19(26(16)25-18)12-3-2-8-21-10-12/h2-10H,11H2,1H3,(H,22,27). The van der Waals surface area contributed by atoms with Gasteiger partial charge in [-0.05, 0) is 42.5 Å². The predicted molar refractivity (Wildman–Crippen MR) is 111 cm³/mol. The molecule has 29 heavy (non-hydrogen) atoms. The van der Waals surface area contributed by atoms with Gasteiger partial charge in [-0.15, -0.1) is 10.2 Å². The van der Waals surface area contributed by atoms with Gasteiger partial charge >= 0.3 is 0 Å². The maximum Gasteiger partial charge on any atom is 0.234 e. The number of pyridine rings is 1. The van der Waals surface area contributed by atoms with Crippen LogP contribution in [0, 0.1) is 0 Å². The number of fused-ring (bicyclic) bond motifs is 1. The Morgan fingerprint density at radius 2 is 2.14 bits per heavy atom. The van der Waals surface area contributed by atoms with Crippen LogP contribution in [0.5, 0.6) is 5.75 Å². The number of amides is 1. The molecule has 0 aliphatic rings. The summed E-state index contributed by atoms with van der Waals surface area (Å²) in [7, 11) is 1.53. The molecule has 0 aliphatic carbocycles. The Hall–Kier alpha value is -3.17. The average molecular weight is 427 g/mol. The summed E-state index contributed by atoms with van der Waals surface area (Å²) in [5.74, 6) is 1.09. The Morgan fingerprint density at radius 3 is 2.93 bits per heavy atom. The summed E-state index contributed by atoms with van der Waals surface area (Å²) in [4.78, 5) is 16.5. The summed E-state index contributed by atoms with van der Waals surface area (Å²) in [6.07, 6.45) is 3.39. The minimum absolute atomic E-state index is 0.165. The van der Waals surface area contributed by atoms with Gasteiger partial charge in [0, 0.05) is 23.0 Å². The lowest BCUT2D eigenvalue weighted by Gasteiger charge is -2.10. The zero-order valence-electron chi connectivity index (χ0n) is 15.2. The van der Waals surface area contributed by atoms with E-state index in [1.54, 1.807) is 47.2 Å². The average Bonchev–Trinajstić information content (AvgIpc) is 3.16. The van der Waals surface area contributed by atoms with E-state index in [0.29, 0.717) is 33.0 Å². The summed E-state index contributed by atoms with van der Waals surface area (Å²) in [5.41, 5.74) is 1.94. The van der Waals surface area contributed by atoms with Gasteiger partial charge in [-0.25, -0.2) is 0 Å². The maximum absolute atomic E-state index is 12.4. The highest BCUT2D eigenvalue weighted by molar-refractivity contribution is 7.99. The van der Waals surface area contributed by atoms with Crippen molar-refractivity contribution in [3.05, 3.63) is 59.9 Å². The number of methoxy groups -OCH3 is 1. The highest BCUT2D eigenvalue weighted by Gasteiger charge is 2.12. The second-order valence-electron chi connectivity index (χ2n) is 5.89. The number of halogens is 1. The SMILES string of the molecule is COc1ccc(Cl)cc1NC(=O)CSc1ccc2nnc(-c3cccnc3)n2n1. The number of ether oxygens (including phenoxy) is 1. The van der Waals surface area contributed by atoms with Crippen LogP contribution in [0.1, 0.15) is 0 Å². The molecular formula is C19H15ClN6O2S. The molecule has 1 N–H and O–H groups in total. The van der Waals surface area contributed by atoms with Crippen molar-refractivity contribution in [1.82, 2.24) is 24.8 Å². The Kier molecular flexibility index (Phi) is 5.59. The first-order chi connectivity index (χ1) is 14.1. The van der Waals surface area contributed by atoms with E-state index in [-0.39, 0.29) is 11.7 Å². The van der Waals surface area contributed by atoms with Crippen molar-refractivity contribution in [2.45, 2.75) is 5.03 Å². The molecule has 4 rings (SSSR count). The fraction of sp³-hybridized carbons (Fsp3) is 0.105. The third kappa shape index (κ3) is 4.30. The normalized spacial score (nSPS) is 10.8. The monoisotopic (exact) mass is 426 g/mol. The number of hydrogen-bond acceptors (Lipinski definition) is 7. The highest BCUT2D eigenvalue weighted by atomic mass is 35.5. The molecular weight excluding hydrogens is 412 g/mol. The van der Waals surface area contributed by atoms with E-state index < -0.39 is 0 Å². The van der Waals surface area contributed by atoms with E-state index in [0.717, 1.165) is 5.56 Å². The molecule has 0 aliphatic heterocycles. The van der Waals surface area contributed by atoms with Crippen LogP contribution in [0.2, 0.25) is 5.02 Å². The number of thioether (sulfide) groups is 1. The molecule has 1 aromatic carbocycles. The highest BCUT2D eigenvalue weighted by Crippen LogP contribution is 2.28. The van der Waals surface area contributed by atoms with Crippen molar-refractivity contribution in [3.63, 3.8) is 0 Å². The lowest BCUT2D eigenvalue weighted by atomic mass is 10.3. The smallest absolute Gasteiger partial charge is 0.234 e. The number of nitrogens with zero attached hydrogens (tertiary/aromatic N) is 5. The van der Waals surface area contributed by atoms with E-state index in [1.807, 2.05) is 12.1 Å². The number of nitrogens with one attached hydrogen (secondary N) is 1. The Bertz CT molecular complexity index is 1170. The lowest BCUT2D eigenvalue weighted by Crippen LogP contribution is -2.15. The van der Waals surface area contributed by atoms with E-state index in [1.165, 1.54) is 18.9 Å². The van der Waals surface area contributed by atoms with Gasteiger partial charge in [-0.3, -0.25) is 9.78 Å². The van der Waals surface area contributed by atoms with Crippen molar-refractivity contribution in [1.29, 1.82) is 0 Å². The van der Waals surface area contributed by atoms with Gasteiger partial charge in [0.2, 0.25) is 5.91 Å². The first-order valence-corrected chi connectivity index (χ1v) is 9.89. The molecule has 0 saturated carbocycles. The van der Waals surface area contributed by atoms with Crippen LogP contribution in [0.4, 0.5) is 5.69 Å².